The van der Waals surface area contributed by atoms with Crippen LogP contribution in [0.5, 0.6) is 0 Å². The van der Waals surface area contributed by atoms with Gasteiger partial charge in [-0.1, -0.05) is 29.4 Å². The molecule has 1 saturated heterocycles. The molecule has 0 saturated carbocycles. The van der Waals surface area contributed by atoms with Crippen molar-refractivity contribution in [3.05, 3.63) is 65.5 Å². The van der Waals surface area contributed by atoms with Crippen LogP contribution in [0.3, 0.4) is 0 Å². The van der Waals surface area contributed by atoms with Gasteiger partial charge in [-0.3, -0.25) is 9.69 Å². The molecule has 1 N–H and O–H groups in total. The molecule has 9 heteroatoms. The third kappa shape index (κ3) is 5.16. The third-order valence-corrected chi connectivity index (χ3v) is 5.57. The first-order valence-electron chi connectivity index (χ1n) is 10.4. The molecule has 1 atom stereocenters. The molecule has 2 heterocycles. The Kier molecular flexibility index (Phi) is 6.27. The summed E-state index contributed by atoms with van der Waals surface area (Å²) in [5.74, 6) is 0.532. The monoisotopic (exact) mass is 444 g/mol. The number of amides is 1. The molecule has 2 aromatic carbocycles. The van der Waals surface area contributed by atoms with Crippen molar-refractivity contribution in [1.82, 2.24) is 15.0 Å². The molecular formula is C23H23F3N4O2. The summed E-state index contributed by atoms with van der Waals surface area (Å²) >= 11 is 0. The van der Waals surface area contributed by atoms with Crippen molar-refractivity contribution in [2.45, 2.75) is 32.5 Å². The summed E-state index contributed by atoms with van der Waals surface area (Å²) in [6, 6.07) is 12.3. The Morgan fingerprint density at radius 3 is 2.66 bits per heavy atom. The van der Waals surface area contributed by atoms with Crippen LogP contribution in [0.2, 0.25) is 0 Å². The molecule has 1 amide bonds. The van der Waals surface area contributed by atoms with Crippen molar-refractivity contribution in [2.24, 2.45) is 5.92 Å². The van der Waals surface area contributed by atoms with Crippen molar-refractivity contribution >= 4 is 11.6 Å². The molecule has 1 aromatic heterocycles. The highest BCUT2D eigenvalue weighted by Crippen LogP contribution is 2.30. The minimum Gasteiger partial charge on any atom is -0.338 e. The predicted molar refractivity (Wildman–Crippen MR) is 113 cm³/mol. The van der Waals surface area contributed by atoms with E-state index in [1.165, 1.54) is 12.1 Å². The Hall–Kier alpha value is -3.20. The van der Waals surface area contributed by atoms with Crippen LogP contribution in [0.4, 0.5) is 18.9 Å². The zero-order valence-electron chi connectivity index (χ0n) is 17.5. The van der Waals surface area contributed by atoms with Crippen LogP contribution in [-0.2, 0) is 17.5 Å². The summed E-state index contributed by atoms with van der Waals surface area (Å²) < 4.78 is 43.5. The first-order valence-corrected chi connectivity index (χ1v) is 10.4. The number of hydrogen-bond acceptors (Lipinski definition) is 5. The number of nitrogens with zero attached hydrogens (tertiary/aromatic N) is 3. The molecule has 1 aliphatic heterocycles. The number of benzene rings is 2. The van der Waals surface area contributed by atoms with E-state index >= 15 is 0 Å². The normalized spacial score (nSPS) is 17.3. The first kappa shape index (κ1) is 22.0. The SMILES string of the molecule is Cc1ccccc1-c1noc(CN2CCCC(C(=O)Nc3ccc(C(F)(F)F)cc3)C2)n1. The number of aromatic nitrogens is 2. The lowest BCUT2D eigenvalue weighted by atomic mass is 9.97. The van der Waals surface area contributed by atoms with Gasteiger partial charge in [0.1, 0.15) is 0 Å². The van der Waals surface area contributed by atoms with Gasteiger partial charge in [0.25, 0.3) is 0 Å². The maximum absolute atomic E-state index is 12.7. The summed E-state index contributed by atoms with van der Waals surface area (Å²) in [5.41, 5.74) is 1.57. The van der Waals surface area contributed by atoms with Crippen LogP contribution in [0.15, 0.2) is 53.1 Å². The van der Waals surface area contributed by atoms with E-state index in [-0.39, 0.29) is 11.8 Å². The van der Waals surface area contributed by atoms with Crippen LogP contribution in [0, 0.1) is 12.8 Å². The maximum Gasteiger partial charge on any atom is 0.416 e. The van der Waals surface area contributed by atoms with Gasteiger partial charge in [0.15, 0.2) is 0 Å². The summed E-state index contributed by atoms with van der Waals surface area (Å²) in [5, 5.41) is 6.80. The lowest BCUT2D eigenvalue weighted by Gasteiger charge is -2.30. The fourth-order valence-electron chi connectivity index (χ4n) is 3.84. The maximum atomic E-state index is 12.7. The predicted octanol–water partition coefficient (Wildman–Crippen LogP) is 4.91. The van der Waals surface area contributed by atoms with E-state index in [1.807, 2.05) is 31.2 Å². The standard InChI is InChI=1S/C23H23F3N4O2/c1-15-5-2-3-7-19(15)21-28-20(32-29-21)14-30-12-4-6-16(13-30)22(31)27-18-10-8-17(9-11-18)23(24,25)26/h2-3,5,7-11,16H,4,6,12-14H2,1H3,(H,27,31). The summed E-state index contributed by atoms with van der Waals surface area (Å²) in [6.07, 6.45) is -2.87. The van der Waals surface area contributed by atoms with Gasteiger partial charge in [-0.2, -0.15) is 18.2 Å². The van der Waals surface area contributed by atoms with Gasteiger partial charge in [-0.25, -0.2) is 0 Å². The second-order valence-electron chi connectivity index (χ2n) is 7.97. The van der Waals surface area contributed by atoms with E-state index in [0.29, 0.717) is 36.9 Å². The highest BCUT2D eigenvalue weighted by molar-refractivity contribution is 5.92. The molecule has 32 heavy (non-hydrogen) atoms. The Balaban J connectivity index is 1.35. The van der Waals surface area contributed by atoms with Crippen molar-refractivity contribution in [2.75, 3.05) is 18.4 Å². The quantitative estimate of drug-likeness (QED) is 0.605. The van der Waals surface area contributed by atoms with Crippen LogP contribution in [-0.4, -0.2) is 34.0 Å². The lowest BCUT2D eigenvalue weighted by Crippen LogP contribution is -2.40. The van der Waals surface area contributed by atoms with Crippen molar-refractivity contribution < 1.29 is 22.5 Å². The van der Waals surface area contributed by atoms with Gasteiger partial charge >= 0.3 is 6.18 Å². The van der Waals surface area contributed by atoms with Crippen molar-refractivity contribution in [3.8, 4) is 11.4 Å². The van der Waals surface area contributed by atoms with Gasteiger partial charge < -0.3 is 9.84 Å². The van der Waals surface area contributed by atoms with Gasteiger partial charge in [0, 0.05) is 17.8 Å². The molecule has 1 unspecified atom stereocenters. The highest BCUT2D eigenvalue weighted by Gasteiger charge is 2.30. The minimum absolute atomic E-state index is 0.208. The van der Waals surface area contributed by atoms with Crippen molar-refractivity contribution in [3.63, 3.8) is 0 Å². The number of nitrogens with one attached hydrogen (secondary N) is 1. The number of likely N-dealkylation sites (tertiary alicyclic amines) is 1. The number of halogens is 3. The van der Waals surface area contributed by atoms with Crippen LogP contribution in [0.25, 0.3) is 11.4 Å². The van der Waals surface area contributed by atoms with E-state index in [4.69, 9.17) is 4.52 Å². The van der Waals surface area contributed by atoms with E-state index in [9.17, 15) is 18.0 Å². The highest BCUT2D eigenvalue weighted by atomic mass is 19.4. The molecule has 4 rings (SSSR count). The number of carbonyl (C=O) groups excluding carboxylic acids is 1. The van der Waals surface area contributed by atoms with E-state index in [1.54, 1.807) is 0 Å². The van der Waals surface area contributed by atoms with Crippen LogP contribution < -0.4 is 5.32 Å². The average molecular weight is 444 g/mol. The molecular weight excluding hydrogens is 421 g/mol. The Morgan fingerprint density at radius 2 is 1.94 bits per heavy atom. The molecule has 1 fully saturated rings. The molecule has 6 nitrogen and oxygen atoms in total. The number of anilines is 1. The fourth-order valence-corrected chi connectivity index (χ4v) is 3.84. The van der Waals surface area contributed by atoms with Crippen LogP contribution >= 0.6 is 0 Å². The first-order chi connectivity index (χ1) is 15.3. The molecule has 1 aliphatic rings. The van der Waals surface area contributed by atoms with Gasteiger partial charge in [0.05, 0.1) is 18.0 Å². The Labute approximate surface area is 183 Å². The fraction of sp³-hybridized carbons (Fsp3) is 0.348. The van der Waals surface area contributed by atoms with Gasteiger partial charge in [0.2, 0.25) is 17.6 Å². The number of alkyl halides is 3. The Bertz CT molecular complexity index is 1080. The molecule has 0 bridgehead atoms. The zero-order chi connectivity index (χ0) is 22.7. The molecule has 0 radical (unpaired) electrons. The second-order valence-corrected chi connectivity index (χ2v) is 7.97. The number of aryl methyl sites for hydroxylation is 1. The number of piperidine rings is 1. The molecule has 0 spiro atoms. The van der Waals surface area contributed by atoms with Crippen molar-refractivity contribution in [1.29, 1.82) is 0 Å². The summed E-state index contributed by atoms with van der Waals surface area (Å²) in [6.45, 7) is 3.72. The van der Waals surface area contributed by atoms with Gasteiger partial charge in [-0.05, 0) is 56.1 Å². The van der Waals surface area contributed by atoms with Crippen LogP contribution in [0.1, 0.15) is 29.9 Å². The third-order valence-electron chi connectivity index (χ3n) is 5.57. The van der Waals surface area contributed by atoms with Gasteiger partial charge in [-0.15, -0.1) is 0 Å². The van der Waals surface area contributed by atoms with E-state index in [0.717, 1.165) is 36.2 Å². The zero-order valence-corrected chi connectivity index (χ0v) is 17.5. The number of carbonyl (C=O) groups is 1. The smallest absolute Gasteiger partial charge is 0.338 e. The van der Waals surface area contributed by atoms with E-state index < -0.39 is 11.7 Å². The molecule has 0 aliphatic carbocycles. The topological polar surface area (TPSA) is 71.3 Å². The lowest BCUT2D eigenvalue weighted by molar-refractivity contribution is -0.137. The molecule has 168 valence electrons. The largest absolute Gasteiger partial charge is 0.416 e. The summed E-state index contributed by atoms with van der Waals surface area (Å²) in [4.78, 5) is 19.2. The number of hydrogen-bond donors (Lipinski definition) is 1. The summed E-state index contributed by atoms with van der Waals surface area (Å²) in [7, 11) is 0. The Morgan fingerprint density at radius 1 is 1.19 bits per heavy atom. The average Bonchev–Trinajstić information content (AvgIpc) is 3.22. The second kappa shape index (κ2) is 9.12. The molecule has 3 aromatic rings. The van der Waals surface area contributed by atoms with E-state index in [2.05, 4.69) is 20.4 Å². The minimum atomic E-state index is -4.40. The number of rotatable bonds is 5.